The second kappa shape index (κ2) is 8.88. The van der Waals surface area contributed by atoms with Gasteiger partial charge in [0, 0.05) is 17.3 Å². The van der Waals surface area contributed by atoms with E-state index < -0.39 is 10.0 Å². The Morgan fingerprint density at radius 2 is 1.83 bits per heavy atom. The number of ether oxygens (including phenoxy) is 1. The molecule has 3 aromatic rings. The molecular formula is C20H20BrN3O5S. The summed E-state index contributed by atoms with van der Waals surface area (Å²) in [5, 5.41) is 6.35. The van der Waals surface area contributed by atoms with E-state index in [0.717, 1.165) is 0 Å². The van der Waals surface area contributed by atoms with Crippen molar-refractivity contribution < 1.29 is 22.5 Å². The molecule has 1 aromatic heterocycles. The molecule has 0 atom stereocenters. The lowest BCUT2D eigenvalue weighted by atomic mass is 10.2. The molecular weight excluding hydrogens is 474 g/mol. The number of rotatable bonds is 7. The monoisotopic (exact) mass is 493 g/mol. The first-order valence-electron chi connectivity index (χ1n) is 8.98. The van der Waals surface area contributed by atoms with Crippen molar-refractivity contribution in [3.8, 4) is 5.75 Å². The Morgan fingerprint density at radius 1 is 1.13 bits per heavy atom. The zero-order valence-corrected chi connectivity index (χ0v) is 18.9. The molecule has 0 bridgehead atoms. The fourth-order valence-electron chi connectivity index (χ4n) is 2.52. The molecule has 1 heterocycles. The van der Waals surface area contributed by atoms with Crippen LogP contribution in [-0.2, 0) is 10.0 Å². The molecule has 30 heavy (non-hydrogen) atoms. The zero-order valence-electron chi connectivity index (χ0n) is 16.5. The van der Waals surface area contributed by atoms with Gasteiger partial charge in [0.25, 0.3) is 15.9 Å². The lowest BCUT2D eigenvalue weighted by Crippen LogP contribution is -2.14. The second-order valence-corrected chi connectivity index (χ2v) is 9.26. The molecule has 0 spiro atoms. The van der Waals surface area contributed by atoms with Crippen molar-refractivity contribution in [2.24, 2.45) is 0 Å². The molecule has 0 unspecified atom stereocenters. The third-order valence-corrected chi connectivity index (χ3v) is 5.84. The van der Waals surface area contributed by atoms with Gasteiger partial charge in [-0.1, -0.05) is 5.16 Å². The van der Waals surface area contributed by atoms with Gasteiger partial charge < -0.3 is 14.6 Å². The highest BCUT2D eigenvalue weighted by Crippen LogP contribution is 2.27. The standard InChI is InChI=1S/C20H20BrN3O5S/c1-12(2)28-18-9-4-14(11-17(18)21)20(25)22-15-5-7-16(8-6-15)30(26,27)24-19-10-13(3)29-23-19/h4-12H,1-3H3,(H,22,25)(H,23,24). The predicted octanol–water partition coefficient (Wildman–Crippen LogP) is 4.59. The fourth-order valence-corrected chi connectivity index (χ4v) is 3.98. The largest absolute Gasteiger partial charge is 0.490 e. The smallest absolute Gasteiger partial charge is 0.263 e. The van der Waals surface area contributed by atoms with E-state index in [1.165, 1.54) is 30.3 Å². The number of hydrogen-bond donors (Lipinski definition) is 2. The number of hydrogen-bond acceptors (Lipinski definition) is 6. The summed E-state index contributed by atoms with van der Waals surface area (Å²) >= 11 is 3.40. The Kier molecular flexibility index (Phi) is 6.47. The van der Waals surface area contributed by atoms with Gasteiger partial charge in [0.05, 0.1) is 15.5 Å². The van der Waals surface area contributed by atoms with Crippen molar-refractivity contribution in [3.05, 3.63) is 64.3 Å². The lowest BCUT2D eigenvalue weighted by Gasteiger charge is -2.12. The minimum atomic E-state index is -3.82. The van der Waals surface area contributed by atoms with Crippen LogP contribution in [0.5, 0.6) is 5.75 Å². The number of carbonyl (C=O) groups is 1. The maximum atomic E-state index is 12.5. The quantitative estimate of drug-likeness (QED) is 0.497. The van der Waals surface area contributed by atoms with E-state index in [0.29, 0.717) is 27.2 Å². The van der Waals surface area contributed by atoms with Crippen LogP contribution in [0.3, 0.4) is 0 Å². The number of halogens is 1. The van der Waals surface area contributed by atoms with Crippen molar-refractivity contribution in [1.29, 1.82) is 0 Å². The SMILES string of the molecule is Cc1cc(NS(=O)(=O)c2ccc(NC(=O)c3ccc(OC(C)C)c(Br)c3)cc2)no1. The summed E-state index contributed by atoms with van der Waals surface area (Å²) in [5.74, 6) is 0.895. The Bertz CT molecular complexity index is 1160. The third kappa shape index (κ3) is 5.39. The maximum absolute atomic E-state index is 12.5. The topological polar surface area (TPSA) is 111 Å². The van der Waals surface area contributed by atoms with E-state index >= 15 is 0 Å². The first kappa shape index (κ1) is 21.8. The van der Waals surface area contributed by atoms with Crippen LogP contribution < -0.4 is 14.8 Å². The minimum absolute atomic E-state index is 0.0126. The van der Waals surface area contributed by atoms with Crippen molar-refractivity contribution >= 4 is 43.4 Å². The summed E-state index contributed by atoms with van der Waals surface area (Å²) in [6, 6.07) is 12.3. The second-order valence-electron chi connectivity index (χ2n) is 6.72. The van der Waals surface area contributed by atoms with Crippen LogP contribution in [0, 0.1) is 6.92 Å². The van der Waals surface area contributed by atoms with E-state index in [-0.39, 0.29) is 22.7 Å². The zero-order chi connectivity index (χ0) is 21.9. The molecule has 0 saturated heterocycles. The van der Waals surface area contributed by atoms with Crippen LogP contribution in [0.25, 0.3) is 0 Å². The number of nitrogens with zero attached hydrogens (tertiary/aromatic N) is 1. The highest BCUT2D eigenvalue weighted by atomic mass is 79.9. The average molecular weight is 494 g/mol. The molecule has 0 radical (unpaired) electrons. The van der Waals surface area contributed by atoms with Crippen molar-refractivity contribution in [2.75, 3.05) is 10.0 Å². The Morgan fingerprint density at radius 3 is 2.40 bits per heavy atom. The van der Waals surface area contributed by atoms with E-state index in [1.807, 2.05) is 13.8 Å². The molecule has 158 valence electrons. The molecule has 8 nitrogen and oxygen atoms in total. The molecule has 10 heteroatoms. The summed E-state index contributed by atoms with van der Waals surface area (Å²) in [6.07, 6.45) is 0.0126. The van der Waals surface area contributed by atoms with E-state index in [1.54, 1.807) is 25.1 Å². The highest BCUT2D eigenvalue weighted by Gasteiger charge is 2.17. The van der Waals surface area contributed by atoms with Gasteiger partial charge in [-0.15, -0.1) is 0 Å². The number of nitrogens with one attached hydrogen (secondary N) is 2. The summed E-state index contributed by atoms with van der Waals surface area (Å²) < 4.78 is 38.3. The van der Waals surface area contributed by atoms with E-state index in [2.05, 4.69) is 31.1 Å². The number of aryl methyl sites for hydroxylation is 1. The van der Waals surface area contributed by atoms with Crippen LogP contribution in [-0.4, -0.2) is 25.6 Å². The van der Waals surface area contributed by atoms with Gasteiger partial charge in [-0.05, 0) is 79.2 Å². The predicted molar refractivity (Wildman–Crippen MR) is 116 cm³/mol. The molecule has 0 aliphatic rings. The van der Waals surface area contributed by atoms with Gasteiger partial charge >= 0.3 is 0 Å². The highest BCUT2D eigenvalue weighted by molar-refractivity contribution is 9.10. The van der Waals surface area contributed by atoms with Crippen LogP contribution >= 0.6 is 15.9 Å². The number of aromatic nitrogens is 1. The van der Waals surface area contributed by atoms with Crippen LogP contribution in [0.15, 0.2) is 62.4 Å². The Labute approximate surface area is 182 Å². The molecule has 2 N–H and O–H groups in total. The van der Waals surface area contributed by atoms with Crippen LogP contribution in [0.2, 0.25) is 0 Å². The molecule has 0 aliphatic heterocycles. The van der Waals surface area contributed by atoms with Crippen molar-refractivity contribution in [2.45, 2.75) is 31.8 Å². The van der Waals surface area contributed by atoms with E-state index in [4.69, 9.17) is 9.26 Å². The molecule has 1 amide bonds. The summed E-state index contributed by atoms with van der Waals surface area (Å²) in [6.45, 7) is 5.49. The van der Waals surface area contributed by atoms with E-state index in [9.17, 15) is 13.2 Å². The maximum Gasteiger partial charge on any atom is 0.263 e. The van der Waals surface area contributed by atoms with Crippen LogP contribution in [0.4, 0.5) is 11.5 Å². The molecule has 3 rings (SSSR count). The Balaban J connectivity index is 1.69. The van der Waals surface area contributed by atoms with Crippen molar-refractivity contribution in [1.82, 2.24) is 5.16 Å². The van der Waals surface area contributed by atoms with Crippen LogP contribution in [0.1, 0.15) is 30.0 Å². The van der Waals surface area contributed by atoms with Gasteiger partial charge in [0.2, 0.25) is 0 Å². The lowest BCUT2D eigenvalue weighted by molar-refractivity contribution is 0.102. The van der Waals surface area contributed by atoms with Crippen molar-refractivity contribution in [3.63, 3.8) is 0 Å². The summed E-state index contributed by atoms with van der Waals surface area (Å²) in [5.41, 5.74) is 0.882. The number of anilines is 2. The molecule has 0 aliphatic carbocycles. The first-order valence-corrected chi connectivity index (χ1v) is 11.3. The molecule has 0 fully saturated rings. The summed E-state index contributed by atoms with van der Waals surface area (Å²) in [7, 11) is -3.82. The van der Waals surface area contributed by atoms with Gasteiger partial charge in [0.15, 0.2) is 5.82 Å². The van der Waals surface area contributed by atoms with Gasteiger partial charge in [-0.2, -0.15) is 0 Å². The first-order chi connectivity index (χ1) is 14.1. The summed E-state index contributed by atoms with van der Waals surface area (Å²) in [4.78, 5) is 12.5. The average Bonchev–Trinajstić information content (AvgIpc) is 3.07. The Hall–Kier alpha value is -2.85. The van der Waals surface area contributed by atoms with Gasteiger partial charge in [-0.25, -0.2) is 8.42 Å². The number of sulfonamides is 1. The molecule has 0 saturated carbocycles. The molecule has 2 aromatic carbocycles. The fraction of sp³-hybridized carbons (Fsp3) is 0.200. The normalized spacial score (nSPS) is 11.4. The number of benzene rings is 2. The number of carbonyl (C=O) groups excluding carboxylic acids is 1. The van der Waals surface area contributed by atoms with Gasteiger partial charge in [-0.3, -0.25) is 9.52 Å². The van der Waals surface area contributed by atoms with Gasteiger partial charge in [0.1, 0.15) is 11.5 Å². The third-order valence-electron chi connectivity index (χ3n) is 3.85. The number of amides is 1. The minimum Gasteiger partial charge on any atom is -0.490 e.